The van der Waals surface area contributed by atoms with Crippen LogP contribution in [0.3, 0.4) is 0 Å². The van der Waals surface area contributed by atoms with Crippen LogP contribution in [-0.2, 0) is 4.79 Å². The van der Waals surface area contributed by atoms with Gasteiger partial charge in [-0.1, -0.05) is 23.2 Å². The molecule has 0 heterocycles. The standard InChI is InChI=1S/C8H5Cl2FO3/c9-4-1-3(11)2-5(10)6(4)7(12)8(13)14/h1-2,7,12H,(H,13,14)/t7-/m1/s1. The van der Waals surface area contributed by atoms with Crippen LogP contribution in [0.1, 0.15) is 11.7 Å². The van der Waals surface area contributed by atoms with Gasteiger partial charge in [-0.15, -0.1) is 0 Å². The number of hydrogen-bond acceptors (Lipinski definition) is 2. The molecule has 0 aromatic heterocycles. The summed E-state index contributed by atoms with van der Waals surface area (Å²) in [5, 5.41) is 17.2. The van der Waals surface area contributed by atoms with Crippen LogP contribution in [0, 0.1) is 5.82 Å². The Morgan fingerprint density at radius 2 is 1.79 bits per heavy atom. The van der Waals surface area contributed by atoms with Gasteiger partial charge in [0.1, 0.15) is 5.82 Å². The lowest BCUT2D eigenvalue weighted by atomic mass is 10.1. The number of benzene rings is 1. The molecule has 2 N–H and O–H groups in total. The van der Waals surface area contributed by atoms with Gasteiger partial charge < -0.3 is 10.2 Å². The van der Waals surface area contributed by atoms with Crippen molar-refractivity contribution in [2.24, 2.45) is 0 Å². The van der Waals surface area contributed by atoms with E-state index in [0.29, 0.717) is 0 Å². The van der Waals surface area contributed by atoms with E-state index in [1.54, 1.807) is 0 Å². The fourth-order valence-corrected chi connectivity index (χ4v) is 1.61. The fourth-order valence-electron chi connectivity index (χ4n) is 0.938. The molecular weight excluding hydrogens is 234 g/mol. The Morgan fingerprint density at radius 1 is 1.36 bits per heavy atom. The highest BCUT2D eigenvalue weighted by atomic mass is 35.5. The van der Waals surface area contributed by atoms with Crippen molar-refractivity contribution in [2.45, 2.75) is 6.10 Å². The smallest absolute Gasteiger partial charge is 0.337 e. The number of carboxylic acid groups (broad SMARTS) is 1. The molecule has 1 atom stereocenters. The number of aliphatic hydroxyl groups excluding tert-OH is 1. The van der Waals surface area contributed by atoms with Crippen LogP contribution in [0.5, 0.6) is 0 Å². The molecule has 0 aliphatic carbocycles. The Balaban J connectivity index is 3.27. The number of carbonyl (C=O) groups is 1. The molecular formula is C8H5Cl2FO3. The zero-order valence-corrected chi connectivity index (χ0v) is 8.18. The average Bonchev–Trinajstić information content (AvgIpc) is 2.01. The minimum Gasteiger partial charge on any atom is -0.479 e. The van der Waals surface area contributed by atoms with Gasteiger partial charge >= 0.3 is 5.97 Å². The maximum absolute atomic E-state index is 12.7. The van der Waals surface area contributed by atoms with Crippen LogP contribution in [-0.4, -0.2) is 16.2 Å². The summed E-state index contributed by atoms with van der Waals surface area (Å²) in [4.78, 5) is 10.4. The molecule has 0 saturated heterocycles. The largest absolute Gasteiger partial charge is 0.479 e. The Bertz CT molecular complexity index is 358. The molecule has 0 spiro atoms. The summed E-state index contributed by atoms with van der Waals surface area (Å²) in [6.07, 6.45) is -1.85. The molecule has 0 aliphatic rings. The van der Waals surface area contributed by atoms with Gasteiger partial charge in [0.05, 0.1) is 10.0 Å². The van der Waals surface area contributed by atoms with Crippen molar-refractivity contribution in [3.8, 4) is 0 Å². The zero-order valence-electron chi connectivity index (χ0n) is 6.67. The number of rotatable bonds is 2. The first-order valence-corrected chi connectivity index (χ1v) is 4.24. The van der Waals surface area contributed by atoms with E-state index in [1.165, 1.54) is 0 Å². The lowest BCUT2D eigenvalue weighted by molar-refractivity contribution is -0.146. The van der Waals surface area contributed by atoms with Gasteiger partial charge in [0.15, 0.2) is 6.10 Å². The third kappa shape index (κ3) is 2.15. The molecule has 0 unspecified atom stereocenters. The molecule has 1 aromatic carbocycles. The molecule has 0 amide bonds. The van der Waals surface area contributed by atoms with Crippen LogP contribution in [0.2, 0.25) is 10.0 Å². The number of halogens is 3. The summed E-state index contributed by atoms with van der Waals surface area (Å²) in [6, 6.07) is 1.77. The molecule has 0 radical (unpaired) electrons. The van der Waals surface area contributed by atoms with Crippen LogP contribution in [0.4, 0.5) is 4.39 Å². The molecule has 1 aromatic rings. The zero-order chi connectivity index (χ0) is 10.9. The second-order valence-electron chi connectivity index (χ2n) is 2.52. The molecule has 76 valence electrons. The Hall–Kier alpha value is -0.840. The second kappa shape index (κ2) is 4.13. The molecule has 3 nitrogen and oxygen atoms in total. The monoisotopic (exact) mass is 238 g/mol. The van der Waals surface area contributed by atoms with Crippen LogP contribution in [0.15, 0.2) is 12.1 Å². The normalized spacial score (nSPS) is 12.6. The van der Waals surface area contributed by atoms with E-state index < -0.39 is 17.9 Å². The first kappa shape index (κ1) is 11.2. The summed E-state index contributed by atoms with van der Waals surface area (Å²) < 4.78 is 12.7. The van der Waals surface area contributed by atoms with E-state index in [4.69, 9.17) is 33.4 Å². The van der Waals surface area contributed by atoms with Gasteiger partial charge in [-0.2, -0.15) is 0 Å². The lowest BCUT2D eigenvalue weighted by Gasteiger charge is -2.10. The third-order valence-electron chi connectivity index (χ3n) is 1.55. The first-order valence-electron chi connectivity index (χ1n) is 3.48. The van der Waals surface area contributed by atoms with Crippen molar-refractivity contribution in [3.05, 3.63) is 33.6 Å². The second-order valence-corrected chi connectivity index (χ2v) is 3.34. The molecule has 0 aliphatic heterocycles. The molecule has 14 heavy (non-hydrogen) atoms. The fraction of sp³-hybridized carbons (Fsp3) is 0.125. The SMILES string of the molecule is O=C(O)[C@H](O)c1c(Cl)cc(F)cc1Cl. The Labute approximate surface area is 88.7 Å². The van der Waals surface area contributed by atoms with E-state index in [2.05, 4.69) is 0 Å². The van der Waals surface area contributed by atoms with Crippen molar-refractivity contribution >= 4 is 29.2 Å². The average molecular weight is 239 g/mol. The van der Waals surface area contributed by atoms with Crippen LogP contribution in [0.25, 0.3) is 0 Å². The number of aliphatic carboxylic acids is 1. The molecule has 0 saturated carbocycles. The van der Waals surface area contributed by atoms with Gasteiger partial charge in [-0.25, -0.2) is 9.18 Å². The van der Waals surface area contributed by atoms with Gasteiger partial charge in [0, 0.05) is 5.56 Å². The van der Waals surface area contributed by atoms with E-state index in [-0.39, 0.29) is 15.6 Å². The number of carboxylic acids is 1. The molecule has 6 heteroatoms. The van der Waals surface area contributed by atoms with Crippen molar-refractivity contribution in [1.82, 2.24) is 0 Å². The lowest BCUT2D eigenvalue weighted by Crippen LogP contribution is -2.11. The van der Waals surface area contributed by atoms with Gasteiger partial charge in [0.2, 0.25) is 0 Å². The van der Waals surface area contributed by atoms with E-state index in [1.807, 2.05) is 0 Å². The summed E-state index contributed by atoms with van der Waals surface area (Å²) in [5.41, 5.74) is -0.206. The predicted molar refractivity (Wildman–Crippen MR) is 49.0 cm³/mol. The van der Waals surface area contributed by atoms with Gasteiger partial charge in [-0.05, 0) is 12.1 Å². The van der Waals surface area contributed by atoms with Crippen molar-refractivity contribution in [2.75, 3.05) is 0 Å². The van der Waals surface area contributed by atoms with E-state index >= 15 is 0 Å². The summed E-state index contributed by atoms with van der Waals surface area (Å²) in [7, 11) is 0. The maximum Gasteiger partial charge on any atom is 0.337 e. The minimum atomic E-state index is -1.85. The summed E-state index contributed by atoms with van der Waals surface area (Å²) in [6.45, 7) is 0. The van der Waals surface area contributed by atoms with Gasteiger partial charge in [-0.3, -0.25) is 0 Å². The third-order valence-corrected chi connectivity index (χ3v) is 2.18. The highest BCUT2D eigenvalue weighted by Gasteiger charge is 2.22. The van der Waals surface area contributed by atoms with Gasteiger partial charge in [0.25, 0.3) is 0 Å². The summed E-state index contributed by atoms with van der Waals surface area (Å²) in [5.74, 6) is -2.19. The number of hydrogen-bond donors (Lipinski definition) is 2. The van der Waals surface area contributed by atoms with E-state index in [0.717, 1.165) is 12.1 Å². The Kier molecular flexibility index (Phi) is 3.31. The van der Waals surface area contributed by atoms with Crippen LogP contribution < -0.4 is 0 Å². The van der Waals surface area contributed by atoms with Crippen molar-refractivity contribution < 1.29 is 19.4 Å². The highest BCUT2D eigenvalue weighted by Crippen LogP contribution is 2.31. The molecule has 1 rings (SSSR count). The highest BCUT2D eigenvalue weighted by molar-refractivity contribution is 6.36. The maximum atomic E-state index is 12.7. The van der Waals surface area contributed by atoms with E-state index in [9.17, 15) is 9.18 Å². The molecule has 0 bridgehead atoms. The predicted octanol–water partition coefficient (Wildman–Crippen LogP) is 2.25. The van der Waals surface area contributed by atoms with Crippen molar-refractivity contribution in [1.29, 1.82) is 0 Å². The first-order chi connectivity index (χ1) is 6.43. The topological polar surface area (TPSA) is 57.5 Å². The van der Waals surface area contributed by atoms with Crippen LogP contribution >= 0.6 is 23.2 Å². The quantitative estimate of drug-likeness (QED) is 0.831. The summed E-state index contributed by atoms with van der Waals surface area (Å²) >= 11 is 11.1. The Morgan fingerprint density at radius 3 is 2.14 bits per heavy atom. The number of aliphatic hydroxyl groups is 1. The van der Waals surface area contributed by atoms with Crippen molar-refractivity contribution in [3.63, 3.8) is 0 Å². The molecule has 0 fully saturated rings. The minimum absolute atomic E-state index is 0.206.